The van der Waals surface area contributed by atoms with Crippen LogP contribution in [0.4, 0.5) is 11.4 Å². The average molecular weight is 336 g/mol. The summed E-state index contributed by atoms with van der Waals surface area (Å²) in [5.41, 5.74) is 4.32. The van der Waals surface area contributed by atoms with Crippen molar-refractivity contribution in [2.24, 2.45) is 5.92 Å². The zero-order valence-electron chi connectivity index (χ0n) is 14.2. The molecule has 2 aromatic rings. The van der Waals surface area contributed by atoms with Crippen LogP contribution < -0.4 is 10.1 Å². The Bertz CT molecular complexity index is 875. The first kappa shape index (κ1) is 15.7. The molecule has 0 fully saturated rings. The highest BCUT2D eigenvalue weighted by molar-refractivity contribution is 5.70. The molecule has 2 aliphatic rings. The minimum Gasteiger partial charge on any atom is -0.495 e. The fourth-order valence-electron chi connectivity index (χ4n) is 4.27. The van der Waals surface area contributed by atoms with E-state index in [0.717, 1.165) is 23.4 Å². The Kier molecular flexibility index (Phi) is 3.71. The molecule has 128 valence electrons. The molecule has 2 aromatic carbocycles. The highest BCUT2D eigenvalue weighted by Crippen LogP contribution is 2.54. The minimum absolute atomic E-state index is 0.121. The predicted octanol–water partition coefficient (Wildman–Crippen LogP) is 4.74. The second kappa shape index (κ2) is 5.92. The van der Waals surface area contributed by atoms with E-state index >= 15 is 0 Å². The molecule has 0 bridgehead atoms. The summed E-state index contributed by atoms with van der Waals surface area (Å²) in [6.45, 7) is 2.11. The van der Waals surface area contributed by atoms with Crippen LogP contribution in [0.25, 0.3) is 0 Å². The fourth-order valence-corrected chi connectivity index (χ4v) is 4.27. The third-order valence-electron chi connectivity index (χ3n) is 5.39. The zero-order chi connectivity index (χ0) is 17.6. The van der Waals surface area contributed by atoms with E-state index in [-0.39, 0.29) is 28.5 Å². The third kappa shape index (κ3) is 2.38. The Hall–Kier alpha value is -2.82. The number of hydrogen-bond donors (Lipinski definition) is 1. The smallest absolute Gasteiger partial charge is 0.274 e. The second-order valence-corrected chi connectivity index (χ2v) is 6.66. The van der Waals surface area contributed by atoms with E-state index in [0.29, 0.717) is 0 Å². The lowest BCUT2D eigenvalue weighted by atomic mass is 9.75. The van der Waals surface area contributed by atoms with Gasteiger partial charge in [-0.15, -0.1) is 0 Å². The van der Waals surface area contributed by atoms with Crippen LogP contribution in [-0.4, -0.2) is 12.0 Å². The van der Waals surface area contributed by atoms with E-state index in [9.17, 15) is 10.1 Å². The SMILES string of the molecule is COc1ccc(C)c2c1NC(c1ccccc1[N+](=O)[O-])C1CC=CC21. The normalized spacial score (nSPS) is 23.5. The molecule has 1 heterocycles. The number of nitro benzene ring substituents is 1. The summed E-state index contributed by atoms with van der Waals surface area (Å²) in [7, 11) is 1.66. The maximum atomic E-state index is 11.5. The average Bonchev–Trinajstić information content (AvgIpc) is 3.10. The van der Waals surface area contributed by atoms with Crippen LogP contribution in [0.15, 0.2) is 48.6 Å². The van der Waals surface area contributed by atoms with Crippen LogP contribution in [0.3, 0.4) is 0 Å². The molecule has 4 rings (SSSR count). The van der Waals surface area contributed by atoms with E-state index in [1.54, 1.807) is 19.2 Å². The number of ether oxygens (including phenoxy) is 1. The van der Waals surface area contributed by atoms with E-state index in [2.05, 4.69) is 30.5 Å². The quantitative estimate of drug-likeness (QED) is 0.499. The molecule has 5 nitrogen and oxygen atoms in total. The molecule has 25 heavy (non-hydrogen) atoms. The van der Waals surface area contributed by atoms with Gasteiger partial charge in [-0.1, -0.05) is 36.4 Å². The predicted molar refractivity (Wildman–Crippen MR) is 97.2 cm³/mol. The van der Waals surface area contributed by atoms with Crippen molar-refractivity contribution in [1.29, 1.82) is 0 Å². The lowest BCUT2D eigenvalue weighted by molar-refractivity contribution is -0.385. The number of benzene rings is 2. The van der Waals surface area contributed by atoms with Crippen LogP contribution in [0, 0.1) is 23.0 Å². The number of hydrogen-bond acceptors (Lipinski definition) is 4. The number of para-hydroxylation sites is 1. The standard InChI is InChI=1S/C20H20N2O3/c1-12-10-11-17(25-2)20-18(12)13-7-5-8-14(13)19(21-20)15-6-3-4-9-16(15)22(23)24/h3-7,9-11,13-14,19,21H,8H2,1-2H3. The van der Waals surface area contributed by atoms with Gasteiger partial charge in [0.1, 0.15) is 5.75 Å². The number of nitro groups is 1. The first-order chi connectivity index (χ1) is 12.1. The maximum absolute atomic E-state index is 11.5. The number of allylic oxidation sites excluding steroid dienone is 2. The Labute approximate surface area is 146 Å². The largest absolute Gasteiger partial charge is 0.495 e. The summed E-state index contributed by atoms with van der Waals surface area (Å²) in [4.78, 5) is 11.2. The number of aryl methyl sites for hydroxylation is 1. The van der Waals surface area contributed by atoms with Crippen molar-refractivity contribution in [3.8, 4) is 5.75 Å². The van der Waals surface area contributed by atoms with Crippen molar-refractivity contribution in [2.45, 2.75) is 25.3 Å². The molecule has 0 saturated carbocycles. The van der Waals surface area contributed by atoms with Crippen LogP contribution >= 0.6 is 0 Å². The number of nitrogens with one attached hydrogen (secondary N) is 1. The van der Waals surface area contributed by atoms with Crippen LogP contribution in [0.1, 0.15) is 35.1 Å². The van der Waals surface area contributed by atoms with Gasteiger partial charge >= 0.3 is 0 Å². The number of nitrogens with zero attached hydrogens (tertiary/aromatic N) is 1. The third-order valence-corrected chi connectivity index (χ3v) is 5.39. The molecule has 3 unspecified atom stereocenters. The molecule has 0 saturated heterocycles. The Morgan fingerprint density at radius 3 is 2.80 bits per heavy atom. The van der Waals surface area contributed by atoms with Crippen LogP contribution in [-0.2, 0) is 0 Å². The molecule has 0 spiro atoms. The molecule has 0 radical (unpaired) electrons. The van der Waals surface area contributed by atoms with Crippen molar-refractivity contribution in [2.75, 3.05) is 12.4 Å². The highest BCUT2D eigenvalue weighted by Gasteiger charge is 2.41. The molecule has 5 heteroatoms. The second-order valence-electron chi connectivity index (χ2n) is 6.66. The summed E-state index contributed by atoms with van der Waals surface area (Å²) < 4.78 is 5.56. The van der Waals surface area contributed by atoms with Gasteiger partial charge in [0.15, 0.2) is 0 Å². The molecule has 0 aromatic heterocycles. The van der Waals surface area contributed by atoms with Gasteiger partial charge in [-0.3, -0.25) is 10.1 Å². The van der Waals surface area contributed by atoms with E-state index in [1.807, 2.05) is 18.2 Å². The summed E-state index contributed by atoms with van der Waals surface area (Å²) in [5, 5.41) is 15.1. The molecular formula is C20H20N2O3. The zero-order valence-corrected chi connectivity index (χ0v) is 14.2. The number of fused-ring (bicyclic) bond motifs is 3. The topological polar surface area (TPSA) is 64.4 Å². The highest BCUT2D eigenvalue weighted by atomic mass is 16.6. The van der Waals surface area contributed by atoms with Crippen LogP contribution in [0.5, 0.6) is 5.75 Å². The maximum Gasteiger partial charge on any atom is 0.274 e. The molecule has 0 amide bonds. The number of anilines is 1. The van der Waals surface area contributed by atoms with E-state index in [4.69, 9.17) is 4.74 Å². The van der Waals surface area contributed by atoms with Gasteiger partial charge in [-0.05, 0) is 36.5 Å². The van der Waals surface area contributed by atoms with Crippen molar-refractivity contribution in [3.05, 3.63) is 75.4 Å². The minimum atomic E-state index is -0.294. The molecular weight excluding hydrogens is 316 g/mol. The van der Waals surface area contributed by atoms with Crippen molar-refractivity contribution < 1.29 is 9.66 Å². The van der Waals surface area contributed by atoms with Gasteiger partial charge in [-0.25, -0.2) is 0 Å². The van der Waals surface area contributed by atoms with Crippen molar-refractivity contribution >= 4 is 11.4 Å². The summed E-state index contributed by atoms with van der Waals surface area (Å²) >= 11 is 0. The Balaban J connectivity index is 1.89. The molecule has 1 aliphatic carbocycles. The summed E-state index contributed by atoms with van der Waals surface area (Å²) in [6, 6.07) is 10.9. The van der Waals surface area contributed by atoms with Crippen molar-refractivity contribution in [3.63, 3.8) is 0 Å². The molecule has 1 N–H and O–H groups in total. The van der Waals surface area contributed by atoms with Gasteiger partial charge in [-0.2, -0.15) is 0 Å². The summed E-state index contributed by atoms with van der Waals surface area (Å²) in [5.74, 6) is 1.29. The van der Waals surface area contributed by atoms with E-state index in [1.165, 1.54) is 11.1 Å². The van der Waals surface area contributed by atoms with Crippen LogP contribution in [0.2, 0.25) is 0 Å². The Morgan fingerprint density at radius 2 is 2.04 bits per heavy atom. The number of methoxy groups -OCH3 is 1. The van der Waals surface area contributed by atoms with Gasteiger partial charge in [0, 0.05) is 12.0 Å². The fraction of sp³-hybridized carbons (Fsp3) is 0.300. The lowest BCUT2D eigenvalue weighted by Crippen LogP contribution is -2.30. The van der Waals surface area contributed by atoms with Gasteiger partial charge in [0.05, 0.1) is 29.3 Å². The lowest BCUT2D eigenvalue weighted by Gasteiger charge is -2.38. The van der Waals surface area contributed by atoms with E-state index < -0.39 is 0 Å². The first-order valence-corrected chi connectivity index (χ1v) is 8.46. The summed E-state index contributed by atoms with van der Waals surface area (Å²) in [6.07, 6.45) is 5.33. The van der Waals surface area contributed by atoms with Gasteiger partial charge < -0.3 is 10.1 Å². The monoisotopic (exact) mass is 336 g/mol. The molecule has 3 atom stereocenters. The molecule has 1 aliphatic heterocycles. The van der Waals surface area contributed by atoms with Crippen molar-refractivity contribution in [1.82, 2.24) is 0 Å². The van der Waals surface area contributed by atoms with Gasteiger partial charge in [0.2, 0.25) is 0 Å². The Morgan fingerprint density at radius 1 is 1.24 bits per heavy atom. The first-order valence-electron chi connectivity index (χ1n) is 8.46. The van der Waals surface area contributed by atoms with Gasteiger partial charge in [0.25, 0.3) is 5.69 Å². The number of rotatable bonds is 3.